The molecule has 3 N–H and O–H groups in total. The fourth-order valence-corrected chi connectivity index (χ4v) is 1.77. The van der Waals surface area contributed by atoms with E-state index in [4.69, 9.17) is 17.2 Å². The largest absolute Gasteiger partial charge is 4.00 e. The van der Waals surface area contributed by atoms with E-state index in [0.717, 1.165) is 19.3 Å². The summed E-state index contributed by atoms with van der Waals surface area (Å²) in [6.45, 7) is 12.4. The summed E-state index contributed by atoms with van der Waals surface area (Å²) in [6, 6.07) is 8.67. The molecule has 0 amide bonds. The van der Waals surface area contributed by atoms with Gasteiger partial charge in [0, 0.05) is 8.80 Å². The van der Waals surface area contributed by atoms with Gasteiger partial charge in [-0.15, -0.1) is 0 Å². The molecule has 122 valence electrons. The molecule has 0 unspecified atom stereocenters. The minimum atomic E-state index is -0.480. The van der Waals surface area contributed by atoms with Crippen molar-refractivity contribution >= 4 is 14.0 Å². The average Bonchev–Trinajstić information content (AvgIpc) is 3.02. The molecule has 0 aromatic heterocycles. The van der Waals surface area contributed by atoms with Crippen molar-refractivity contribution in [2.24, 2.45) is 0 Å². The van der Waals surface area contributed by atoms with Crippen LogP contribution in [0.15, 0.2) is 24.3 Å². The molecule has 0 aliphatic carbocycles. The molecule has 0 radical (unpaired) electrons. The molecule has 1 aromatic carbocycles. The first kappa shape index (κ1) is 29.4. The topological polar surface area (TPSA) is 71.4 Å². The van der Waals surface area contributed by atoms with Crippen LogP contribution in [0.5, 0.6) is 0 Å². The fraction of sp³-hybridized carbons (Fsp3) is 0.688. The van der Waals surface area contributed by atoms with Crippen molar-refractivity contribution < 1.29 is 26.2 Å². The van der Waals surface area contributed by atoms with Crippen molar-refractivity contribution in [2.75, 3.05) is 19.6 Å². The first-order valence-electron chi connectivity index (χ1n) is 7.70. The summed E-state index contributed by atoms with van der Waals surface area (Å²) in [7, 11) is -0.480. The predicted molar refractivity (Wildman–Crippen MR) is 99.0 cm³/mol. The van der Waals surface area contributed by atoms with Crippen molar-refractivity contribution in [3.63, 3.8) is 0 Å². The number of hydrogen-bond acceptors (Lipinski definition) is 0. The van der Waals surface area contributed by atoms with E-state index in [0.29, 0.717) is 19.6 Å². The molecule has 0 saturated carbocycles. The molecule has 1 aromatic rings. The smallest absolute Gasteiger partial charge is 0.677 e. The van der Waals surface area contributed by atoms with Gasteiger partial charge in [-0.3, -0.25) is 0 Å². The van der Waals surface area contributed by atoms with Crippen LogP contribution in [0, 0.1) is 0 Å². The monoisotopic (exact) mass is 387 g/mol. The van der Waals surface area contributed by atoms with Gasteiger partial charge in [0.25, 0.3) is 0 Å². The van der Waals surface area contributed by atoms with Crippen molar-refractivity contribution in [3.05, 3.63) is 41.5 Å². The van der Waals surface area contributed by atoms with Crippen LogP contribution in [0.1, 0.15) is 40.0 Å². The Hall–Kier alpha value is 0.330. The van der Waals surface area contributed by atoms with Crippen LogP contribution in [-0.2, 0) is 26.2 Å². The number of hydrogen-bond donors (Lipinski definition) is 0. The van der Waals surface area contributed by atoms with Crippen molar-refractivity contribution in [3.8, 4) is 0 Å². The van der Waals surface area contributed by atoms with Gasteiger partial charge in [0.2, 0.25) is 0 Å². The molecule has 1 rings (SSSR count). The number of nitrogens with one attached hydrogen (secondary N) is 3. The molecular weight excluding hydrogens is 354 g/mol. The second kappa shape index (κ2) is 28.5. The third-order valence-electron chi connectivity index (χ3n) is 2.11. The first-order valence-corrected chi connectivity index (χ1v) is 10.6. The predicted octanol–water partition coefficient (Wildman–Crippen LogP) is 5.44. The first-order chi connectivity index (χ1) is 9.55. The standard InChI is InChI=1S/C7H11Si.3C3H8N.Zr/c1-8(2)7-5-3-4-6-7;3*1-2-3-4;/h3-6,8H,1-2H3;3*4H,2-3H2,1H3;/q4*-1;+4. The van der Waals surface area contributed by atoms with E-state index in [9.17, 15) is 0 Å². The number of rotatable bonds is 4. The summed E-state index contributed by atoms with van der Waals surface area (Å²) in [5.41, 5.74) is 19.4. The normalized spacial score (nSPS) is 8.24. The zero-order chi connectivity index (χ0) is 16.2. The van der Waals surface area contributed by atoms with Crippen molar-refractivity contribution in [1.29, 1.82) is 0 Å². The Morgan fingerprint density at radius 2 is 1.00 bits per heavy atom. The van der Waals surface area contributed by atoms with Crippen molar-refractivity contribution in [1.82, 2.24) is 0 Å². The Labute approximate surface area is 154 Å². The molecule has 0 aliphatic heterocycles. The molecule has 0 heterocycles. The van der Waals surface area contributed by atoms with Crippen molar-refractivity contribution in [2.45, 2.75) is 53.1 Å². The van der Waals surface area contributed by atoms with Gasteiger partial charge >= 0.3 is 26.2 Å². The molecule has 0 atom stereocenters. The van der Waals surface area contributed by atoms with E-state index in [1.807, 2.05) is 20.8 Å². The van der Waals surface area contributed by atoms with Crippen LogP contribution in [0.4, 0.5) is 0 Å². The van der Waals surface area contributed by atoms with Crippen LogP contribution < -0.4 is 5.19 Å². The minimum absolute atomic E-state index is 0. The maximum atomic E-state index is 6.45. The Kier molecular flexibility index (Phi) is 39.8. The van der Waals surface area contributed by atoms with Gasteiger partial charge in [-0.1, -0.05) is 53.1 Å². The molecule has 0 spiro atoms. The molecule has 0 saturated heterocycles. The van der Waals surface area contributed by atoms with E-state index in [-0.39, 0.29) is 26.2 Å². The molecule has 5 heteroatoms. The van der Waals surface area contributed by atoms with E-state index in [1.54, 1.807) is 5.19 Å². The second-order valence-electron chi connectivity index (χ2n) is 4.62. The fourth-order valence-electron chi connectivity index (χ4n) is 0.774. The zero-order valence-electron chi connectivity index (χ0n) is 14.6. The summed E-state index contributed by atoms with van der Waals surface area (Å²) in [4.78, 5) is 0. The van der Waals surface area contributed by atoms with Gasteiger partial charge in [-0.25, -0.2) is 12.1 Å². The van der Waals surface area contributed by atoms with Gasteiger partial charge in [0.15, 0.2) is 0 Å². The summed E-state index contributed by atoms with van der Waals surface area (Å²) in [6.07, 6.45) is 2.96. The zero-order valence-corrected chi connectivity index (χ0v) is 18.2. The Bertz CT molecular complexity index is 214. The van der Waals surface area contributed by atoms with Crippen LogP contribution in [0.25, 0.3) is 17.2 Å². The SMILES string of the molecule is CCC[NH-].CCC[NH-].CCC[NH-].C[SiH](C)[c-]1cccc1.[Zr+4]. The Morgan fingerprint density at radius 3 is 1.10 bits per heavy atom. The van der Waals surface area contributed by atoms with Gasteiger partial charge in [-0.2, -0.15) is 37.0 Å². The molecule has 0 aliphatic rings. The summed E-state index contributed by atoms with van der Waals surface area (Å²) >= 11 is 0. The Balaban J connectivity index is -0.0000000973. The average molecular weight is 389 g/mol. The Morgan fingerprint density at radius 1 is 0.762 bits per heavy atom. The minimum Gasteiger partial charge on any atom is -0.677 e. The quantitative estimate of drug-likeness (QED) is 0.486. The van der Waals surface area contributed by atoms with E-state index >= 15 is 0 Å². The van der Waals surface area contributed by atoms with Crippen LogP contribution in [0.2, 0.25) is 13.1 Å². The van der Waals surface area contributed by atoms with Gasteiger partial charge in [-0.05, 0) is 0 Å². The summed E-state index contributed by atoms with van der Waals surface area (Å²) < 4.78 is 0. The molecule has 0 bridgehead atoms. The van der Waals surface area contributed by atoms with Gasteiger partial charge in [0.1, 0.15) is 0 Å². The molecule has 21 heavy (non-hydrogen) atoms. The maximum Gasteiger partial charge on any atom is 4.00 e. The molecule has 3 nitrogen and oxygen atoms in total. The maximum absolute atomic E-state index is 6.45. The third-order valence-corrected chi connectivity index (χ3v) is 3.82. The van der Waals surface area contributed by atoms with Crippen LogP contribution >= 0.6 is 0 Å². The van der Waals surface area contributed by atoms with Crippen LogP contribution in [0.3, 0.4) is 0 Å². The van der Waals surface area contributed by atoms with Gasteiger partial charge in [0.05, 0.1) is 0 Å². The van der Waals surface area contributed by atoms with Crippen LogP contribution in [-0.4, -0.2) is 28.4 Å². The van der Waals surface area contributed by atoms with E-state index in [2.05, 4.69) is 37.4 Å². The van der Waals surface area contributed by atoms with E-state index in [1.165, 1.54) is 0 Å². The third kappa shape index (κ3) is 33.3. The second-order valence-corrected chi connectivity index (χ2v) is 7.60. The summed E-state index contributed by atoms with van der Waals surface area (Å²) in [5.74, 6) is 0. The van der Waals surface area contributed by atoms with Gasteiger partial charge < -0.3 is 17.2 Å². The van der Waals surface area contributed by atoms with E-state index < -0.39 is 8.80 Å². The molecular formula is C16H35N3SiZr. The molecule has 0 fully saturated rings. The summed E-state index contributed by atoms with van der Waals surface area (Å²) in [5, 5.41) is 1.57.